The Balaban J connectivity index is 1.94. The first kappa shape index (κ1) is 29.7. The van der Waals surface area contributed by atoms with E-state index in [1.807, 2.05) is 0 Å². The van der Waals surface area contributed by atoms with E-state index in [4.69, 9.17) is 23.2 Å². The van der Waals surface area contributed by atoms with Crippen LogP contribution in [0.2, 0.25) is 10.0 Å². The van der Waals surface area contributed by atoms with Gasteiger partial charge in [-0.05, 0) is 38.0 Å². The molecule has 1 fully saturated rings. The summed E-state index contributed by atoms with van der Waals surface area (Å²) in [7, 11) is -4.04. The van der Waals surface area contributed by atoms with Crippen molar-refractivity contribution in [3.63, 3.8) is 0 Å². The number of halogens is 2. The van der Waals surface area contributed by atoms with Crippen molar-refractivity contribution in [2.75, 3.05) is 17.1 Å². The van der Waals surface area contributed by atoms with Gasteiger partial charge in [0.2, 0.25) is 21.8 Å². The molecular formula is C25H30Cl2N4O6S. The van der Waals surface area contributed by atoms with Gasteiger partial charge in [0, 0.05) is 40.3 Å². The monoisotopic (exact) mass is 584 g/mol. The fourth-order valence-corrected chi connectivity index (χ4v) is 5.74. The maximum atomic E-state index is 13.7. The Labute approximate surface area is 232 Å². The molecule has 2 aromatic carbocycles. The summed E-state index contributed by atoms with van der Waals surface area (Å²) >= 11 is 12.7. The molecule has 206 valence electrons. The summed E-state index contributed by atoms with van der Waals surface area (Å²) in [4.78, 5) is 38.7. The zero-order valence-electron chi connectivity index (χ0n) is 21.1. The maximum absolute atomic E-state index is 13.7. The molecule has 0 heterocycles. The summed E-state index contributed by atoms with van der Waals surface area (Å²) in [5.41, 5.74) is 0.0244. The van der Waals surface area contributed by atoms with E-state index in [0.717, 1.165) is 48.7 Å². The summed E-state index contributed by atoms with van der Waals surface area (Å²) in [6.07, 6.45) is 5.70. The molecule has 1 aliphatic carbocycles. The molecule has 0 aromatic heterocycles. The number of carbonyl (C=O) groups is 2. The third kappa shape index (κ3) is 7.58. The molecule has 0 spiro atoms. The molecule has 0 aliphatic heterocycles. The van der Waals surface area contributed by atoms with Crippen molar-refractivity contribution in [3.05, 3.63) is 68.2 Å². The number of amides is 2. The molecule has 0 bridgehead atoms. The molecular weight excluding hydrogens is 555 g/mol. The zero-order chi connectivity index (χ0) is 28.0. The summed E-state index contributed by atoms with van der Waals surface area (Å²) in [5.74, 6) is -1.08. The second-order valence-electron chi connectivity index (χ2n) is 9.29. The van der Waals surface area contributed by atoms with Gasteiger partial charge in [-0.15, -0.1) is 0 Å². The topological polar surface area (TPSA) is 130 Å². The minimum absolute atomic E-state index is 0.00283. The number of anilines is 1. The number of carbonyl (C=O) groups excluding carboxylic acids is 2. The highest BCUT2D eigenvalue weighted by Gasteiger charge is 2.32. The van der Waals surface area contributed by atoms with Crippen LogP contribution in [0.1, 0.15) is 44.6 Å². The molecule has 38 heavy (non-hydrogen) atoms. The highest BCUT2D eigenvalue weighted by atomic mass is 35.5. The van der Waals surface area contributed by atoms with E-state index in [-0.39, 0.29) is 39.9 Å². The number of benzene rings is 2. The summed E-state index contributed by atoms with van der Waals surface area (Å²) in [5, 5.41) is 14.8. The number of nitro groups is 1. The summed E-state index contributed by atoms with van der Waals surface area (Å²) in [6, 6.07) is 8.84. The van der Waals surface area contributed by atoms with Gasteiger partial charge in [0.05, 0.1) is 16.9 Å². The summed E-state index contributed by atoms with van der Waals surface area (Å²) in [6.45, 7) is 0.714. The number of hydrogen-bond acceptors (Lipinski definition) is 6. The highest BCUT2D eigenvalue weighted by Crippen LogP contribution is 2.28. The molecule has 1 atom stereocenters. The SMILES string of the molecule is CC(C(=O)NC1CCCCC1)N(Cc1c(Cl)cccc1Cl)C(=O)CN(c1cccc([N+](=O)[O-])c1)S(C)(=O)=O. The molecule has 0 radical (unpaired) electrons. The molecule has 2 amide bonds. The molecule has 1 unspecified atom stereocenters. The van der Waals surface area contributed by atoms with Crippen LogP contribution in [0.4, 0.5) is 11.4 Å². The molecule has 1 N–H and O–H groups in total. The number of nitrogens with zero attached hydrogens (tertiary/aromatic N) is 3. The molecule has 2 aromatic rings. The van der Waals surface area contributed by atoms with E-state index < -0.39 is 33.4 Å². The lowest BCUT2D eigenvalue weighted by molar-refractivity contribution is -0.384. The first-order chi connectivity index (χ1) is 17.9. The lowest BCUT2D eigenvalue weighted by Crippen LogP contribution is -2.53. The van der Waals surface area contributed by atoms with Gasteiger partial charge >= 0.3 is 0 Å². The van der Waals surface area contributed by atoms with Crippen LogP contribution in [-0.2, 0) is 26.2 Å². The van der Waals surface area contributed by atoms with Gasteiger partial charge in [-0.3, -0.25) is 24.0 Å². The number of non-ortho nitro benzene ring substituents is 1. The lowest BCUT2D eigenvalue weighted by atomic mass is 9.95. The van der Waals surface area contributed by atoms with Gasteiger partial charge in [-0.1, -0.05) is 54.6 Å². The third-order valence-electron chi connectivity index (χ3n) is 6.52. The molecule has 13 heteroatoms. The second-order valence-corrected chi connectivity index (χ2v) is 12.0. The van der Waals surface area contributed by atoms with Gasteiger partial charge in [0.25, 0.3) is 5.69 Å². The Hall–Kier alpha value is -2.89. The molecule has 3 rings (SSSR count). The summed E-state index contributed by atoms with van der Waals surface area (Å²) < 4.78 is 26.1. The van der Waals surface area contributed by atoms with Crippen LogP contribution in [-0.4, -0.2) is 54.9 Å². The molecule has 0 saturated heterocycles. The predicted octanol–water partition coefficient (Wildman–Crippen LogP) is 4.53. The average molecular weight is 586 g/mol. The fraction of sp³-hybridized carbons (Fsp3) is 0.440. The van der Waals surface area contributed by atoms with Crippen LogP contribution in [0.3, 0.4) is 0 Å². The van der Waals surface area contributed by atoms with Crippen LogP contribution in [0, 0.1) is 10.1 Å². The number of nitro benzene ring substituents is 1. The van der Waals surface area contributed by atoms with Gasteiger partial charge in [0.1, 0.15) is 12.6 Å². The maximum Gasteiger partial charge on any atom is 0.271 e. The van der Waals surface area contributed by atoms with Crippen LogP contribution < -0.4 is 9.62 Å². The quantitative estimate of drug-likeness (QED) is 0.322. The highest BCUT2D eigenvalue weighted by molar-refractivity contribution is 7.92. The van der Waals surface area contributed by atoms with E-state index in [9.17, 15) is 28.1 Å². The van der Waals surface area contributed by atoms with Crippen molar-refractivity contribution in [1.82, 2.24) is 10.2 Å². The van der Waals surface area contributed by atoms with Crippen LogP contribution in [0.5, 0.6) is 0 Å². The Bertz CT molecular complexity index is 1280. The van der Waals surface area contributed by atoms with Crippen LogP contribution >= 0.6 is 23.2 Å². The number of nitrogens with one attached hydrogen (secondary N) is 1. The van der Waals surface area contributed by atoms with Gasteiger partial charge in [-0.25, -0.2) is 8.42 Å². The first-order valence-corrected chi connectivity index (χ1v) is 14.7. The van der Waals surface area contributed by atoms with E-state index in [0.29, 0.717) is 5.56 Å². The Morgan fingerprint density at radius 3 is 2.29 bits per heavy atom. The van der Waals surface area contributed by atoms with Crippen LogP contribution in [0.15, 0.2) is 42.5 Å². The van der Waals surface area contributed by atoms with Gasteiger partial charge < -0.3 is 10.2 Å². The number of hydrogen-bond donors (Lipinski definition) is 1. The van der Waals surface area contributed by atoms with E-state index in [1.54, 1.807) is 25.1 Å². The normalized spacial score (nSPS) is 14.9. The Kier molecular flexibility index (Phi) is 9.97. The minimum atomic E-state index is -4.04. The minimum Gasteiger partial charge on any atom is -0.352 e. The third-order valence-corrected chi connectivity index (χ3v) is 8.37. The molecule has 1 saturated carbocycles. The largest absolute Gasteiger partial charge is 0.352 e. The standard InChI is InChI=1S/C25H30Cl2N4O6S/c1-17(25(33)28-18-8-4-3-5-9-18)29(15-21-22(26)12-7-13-23(21)27)24(32)16-30(38(2,36)37)19-10-6-11-20(14-19)31(34)35/h6-7,10-14,17-18H,3-5,8-9,15-16H2,1-2H3,(H,28,33). The van der Waals surface area contributed by atoms with Gasteiger partial charge in [-0.2, -0.15) is 0 Å². The zero-order valence-corrected chi connectivity index (χ0v) is 23.4. The first-order valence-electron chi connectivity index (χ1n) is 12.1. The van der Waals surface area contributed by atoms with Crippen molar-refractivity contribution in [1.29, 1.82) is 0 Å². The van der Waals surface area contributed by atoms with E-state index in [1.165, 1.54) is 23.1 Å². The van der Waals surface area contributed by atoms with Crippen molar-refractivity contribution >= 4 is 56.4 Å². The Morgan fingerprint density at radius 1 is 1.11 bits per heavy atom. The second kappa shape index (κ2) is 12.8. The Morgan fingerprint density at radius 2 is 1.71 bits per heavy atom. The van der Waals surface area contributed by atoms with Crippen molar-refractivity contribution in [3.8, 4) is 0 Å². The van der Waals surface area contributed by atoms with Crippen molar-refractivity contribution in [2.24, 2.45) is 0 Å². The fourth-order valence-electron chi connectivity index (χ4n) is 4.38. The molecule has 1 aliphatic rings. The smallest absolute Gasteiger partial charge is 0.271 e. The van der Waals surface area contributed by atoms with Gasteiger partial charge in [0.15, 0.2) is 0 Å². The number of rotatable bonds is 10. The van der Waals surface area contributed by atoms with E-state index >= 15 is 0 Å². The molecule has 10 nitrogen and oxygen atoms in total. The van der Waals surface area contributed by atoms with E-state index in [2.05, 4.69) is 5.32 Å². The van der Waals surface area contributed by atoms with Crippen LogP contribution in [0.25, 0.3) is 0 Å². The number of sulfonamides is 1. The predicted molar refractivity (Wildman–Crippen MR) is 147 cm³/mol. The van der Waals surface area contributed by atoms with Crippen molar-refractivity contribution in [2.45, 2.75) is 57.7 Å². The average Bonchev–Trinajstić information content (AvgIpc) is 2.86. The lowest BCUT2D eigenvalue weighted by Gasteiger charge is -2.33. The van der Waals surface area contributed by atoms with Crippen molar-refractivity contribution < 1.29 is 22.9 Å².